The lowest BCUT2D eigenvalue weighted by Crippen LogP contribution is -2.25. The second-order valence-corrected chi connectivity index (χ2v) is 5.04. The number of hydrogen-bond donors (Lipinski definition) is 0. The lowest BCUT2D eigenvalue weighted by molar-refractivity contribution is -0.384. The topological polar surface area (TPSA) is 113 Å². The van der Waals surface area contributed by atoms with Gasteiger partial charge in [0.1, 0.15) is 0 Å². The molecule has 0 bridgehead atoms. The molecule has 9 heteroatoms. The van der Waals surface area contributed by atoms with Gasteiger partial charge in [0.05, 0.1) is 16.9 Å². The fraction of sp³-hybridized carbons (Fsp3) is 0.300. The highest BCUT2D eigenvalue weighted by Gasteiger charge is 2.24. The van der Waals surface area contributed by atoms with Crippen molar-refractivity contribution in [3.63, 3.8) is 0 Å². The molecule has 0 aliphatic carbocycles. The van der Waals surface area contributed by atoms with E-state index in [2.05, 4.69) is 8.92 Å². The first-order valence-electron chi connectivity index (χ1n) is 5.03. The summed E-state index contributed by atoms with van der Waals surface area (Å²) in [5.41, 5.74) is -0.250. The second-order valence-electron chi connectivity index (χ2n) is 3.47. The molecule has 0 saturated carbocycles. The molecule has 0 radical (unpaired) electrons. The Kier molecular flexibility index (Phi) is 4.57. The van der Waals surface area contributed by atoms with Crippen LogP contribution in [-0.2, 0) is 23.8 Å². The number of carbonyl (C=O) groups excluding carboxylic acids is 1. The number of benzene rings is 1. The van der Waals surface area contributed by atoms with Crippen molar-refractivity contribution in [1.82, 2.24) is 0 Å². The van der Waals surface area contributed by atoms with Crippen molar-refractivity contribution in [2.45, 2.75) is 17.9 Å². The molecule has 0 fully saturated rings. The van der Waals surface area contributed by atoms with Gasteiger partial charge in [0.15, 0.2) is 6.10 Å². The lowest BCUT2D eigenvalue weighted by atomic mass is 10.3. The van der Waals surface area contributed by atoms with Crippen molar-refractivity contribution < 1.29 is 27.1 Å². The predicted molar refractivity (Wildman–Crippen MR) is 62.8 cm³/mol. The number of nitro groups is 1. The zero-order valence-corrected chi connectivity index (χ0v) is 10.9. The molecule has 1 rings (SSSR count). The fourth-order valence-electron chi connectivity index (χ4n) is 1.19. The molecule has 0 N–H and O–H groups in total. The zero-order valence-electron chi connectivity index (χ0n) is 10.1. The minimum absolute atomic E-state index is 0.250. The first-order chi connectivity index (χ1) is 8.77. The van der Waals surface area contributed by atoms with E-state index < -0.39 is 27.1 Å². The Hall–Kier alpha value is -2.00. The van der Waals surface area contributed by atoms with Crippen LogP contribution < -0.4 is 0 Å². The van der Waals surface area contributed by atoms with Crippen LogP contribution >= 0.6 is 0 Å². The van der Waals surface area contributed by atoms with Gasteiger partial charge in [-0.2, -0.15) is 8.42 Å². The minimum Gasteiger partial charge on any atom is -0.467 e. The third-order valence-corrected chi connectivity index (χ3v) is 3.53. The highest BCUT2D eigenvalue weighted by molar-refractivity contribution is 7.86. The summed E-state index contributed by atoms with van der Waals surface area (Å²) in [7, 11) is -3.08. The summed E-state index contributed by atoms with van der Waals surface area (Å²) in [5, 5.41) is 10.4. The van der Waals surface area contributed by atoms with Gasteiger partial charge in [-0.15, -0.1) is 0 Å². The van der Waals surface area contributed by atoms with Crippen molar-refractivity contribution in [2.75, 3.05) is 7.11 Å². The smallest absolute Gasteiger partial charge is 0.336 e. The largest absolute Gasteiger partial charge is 0.467 e. The first kappa shape index (κ1) is 15.1. The van der Waals surface area contributed by atoms with Crippen LogP contribution in [0.4, 0.5) is 5.69 Å². The number of non-ortho nitro benzene ring substituents is 1. The van der Waals surface area contributed by atoms with Gasteiger partial charge in [-0.25, -0.2) is 4.79 Å². The second kappa shape index (κ2) is 5.76. The van der Waals surface area contributed by atoms with Gasteiger partial charge in [-0.05, 0) is 19.1 Å². The molecule has 0 heterocycles. The van der Waals surface area contributed by atoms with Crippen LogP contribution in [0, 0.1) is 10.1 Å². The van der Waals surface area contributed by atoms with Gasteiger partial charge in [0.2, 0.25) is 0 Å². The number of nitrogens with zero attached hydrogens (tertiary/aromatic N) is 1. The van der Waals surface area contributed by atoms with E-state index in [1.54, 1.807) is 0 Å². The Labute approximate surface area is 109 Å². The molecule has 0 amide bonds. The van der Waals surface area contributed by atoms with E-state index in [9.17, 15) is 23.3 Å². The number of esters is 1. The quantitative estimate of drug-likeness (QED) is 0.342. The maximum absolute atomic E-state index is 11.7. The summed E-state index contributed by atoms with van der Waals surface area (Å²) in [5.74, 6) is -0.842. The molecule has 1 aromatic carbocycles. The predicted octanol–water partition coefficient (Wildman–Crippen LogP) is 0.862. The van der Waals surface area contributed by atoms with Crippen LogP contribution in [0.15, 0.2) is 29.2 Å². The summed E-state index contributed by atoms with van der Waals surface area (Å²) >= 11 is 0. The summed E-state index contributed by atoms with van der Waals surface area (Å²) in [4.78, 5) is 20.6. The highest BCUT2D eigenvalue weighted by Crippen LogP contribution is 2.18. The van der Waals surface area contributed by atoms with Gasteiger partial charge >= 0.3 is 5.97 Å². The number of carbonyl (C=O) groups is 1. The number of rotatable bonds is 5. The Morgan fingerprint density at radius 2 is 1.84 bits per heavy atom. The number of ether oxygens (including phenoxy) is 1. The summed E-state index contributed by atoms with van der Waals surface area (Å²) in [6.45, 7) is 1.22. The number of hydrogen-bond acceptors (Lipinski definition) is 7. The van der Waals surface area contributed by atoms with Crippen LogP contribution in [0.1, 0.15) is 6.92 Å². The Morgan fingerprint density at radius 3 is 2.26 bits per heavy atom. The Morgan fingerprint density at radius 1 is 1.32 bits per heavy atom. The fourth-order valence-corrected chi connectivity index (χ4v) is 2.22. The molecule has 0 aromatic heterocycles. The van der Waals surface area contributed by atoms with Crippen molar-refractivity contribution in [2.24, 2.45) is 0 Å². The average Bonchev–Trinajstić information content (AvgIpc) is 2.37. The van der Waals surface area contributed by atoms with Gasteiger partial charge in [-0.1, -0.05) is 0 Å². The van der Waals surface area contributed by atoms with Crippen LogP contribution in [0.2, 0.25) is 0 Å². The molecule has 0 aliphatic rings. The lowest BCUT2D eigenvalue weighted by Gasteiger charge is -2.10. The molecule has 19 heavy (non-hydrogen) atoms. The monoisotopic (exact) mass is 289 g/mol. The van der Waals surface area contributed by atoms with E-state index in [-0.39, 0.29) is 10.6 Å². The van der Waals surface area contributed by atoms with Crippen LogP contribution in [-0.4, -0.2) is 32.5 Å². The molecule has 0 aliphatic heterocycles. The van der Waals surface area contributed by atoms with Crippen LogP contribution in [0.3, 0.4) is 0 Å². The van der Waals surface area contributed by atoms with Gasteiger partial charge in [0.25, 0.3) is 15.8 Å². The van der Waals surface area contributed by atoms with Gasteiger partial charge in [0, 0.05) is 12.1 Å². The summed E-state index contributed by atoms with van der Waals surface area (Å²) < 4.78 is 32.4. The molecule has 0 spiro atoms. The maximum Gasteiger partial charge on any atom is 0.336 e. The van der Waals surface area contributed by atoms with E-state index >= 15 is 0 Å². The SMILES string of the molecule is COC(=O)C(C)OS(=O)(=O)c1ccc([N+](=O)[O-])cc1. The zero-order chi connectivity index (χ0) is 14.6. The van der Waals surface area contributed by atoms with E-state index in [0.717, 1.165) is 31.4 Å². The third-order valence-electron chi connectivity index (χ3n) is 2.14. The van der Waals surface area contributed by atoms with Gasteiger partial charge < -0.3 is 4.74 Å². The van der Waals surface area contributed by atoms with Crippen molar-refractivity contribution >= 4 is 21.8 Å². The van der Waals surface area contributed by atoms with Crippen molar-refractivity contribution in [1.29, 1.82) is 0 Å². The Balaban J connectivity index is 2.94. The van der Waals surface area contributed by atoms with Gasteiger partial charge in [-0.3, -0.25) is 14.3 Å². The van der Waals surface area contributed by atoms with Crippen molar-refractivity contribution in [3.8, 4) is 0 Å². The normalized spacial score (nSPS) is 12.7. The molecule has 104 valence electrons. The number of methoxy groups -OCH3 is 1. The van der Waals surface area contributed by atoms with Crippen LogP contribution in [0.25, 0.3) is 0 Å². The van der Waals surface area contributed by atoms with E-state index in [4.69, 9.17) is 0 Å². The molecule has 0 saturated heterocycles. The summed E-state index contributed by atoms with van der Waals surface area (Å²) in [6.07, 6.45) is -1.30. The molecule has 1 atom stereocenters. The highest BCUT2D eigenvalue weighted by atomic mass is 32.2. The number of nitro benzene ring substituents is 1. The minimum atomic E-state index is -4.18. The standard InChI is InChI=1S/C10H11NO7S/c1-7(10(12)17-2)18-19(15,16)9-5-3-8(4-6-9)11(13)14/h3-7H,1-2H3. The summed E-state index contributed by atoms with van der Waals surface area (Å²) in [6, 6.07) is 4.10. The molecular formula is C10H11NO7S. The average molecular weight is 289 g/mol. The third kappa shape index (κ3) is 3.73. The van der Waals surface area contributed by atoms with E-state index in [1.165, 1.54) is 6.92 Å². The Bertz CT molecular complexity index is 578. The molecule has 8 nitrogen and oxygen atoms in total. The molecule has 1 aromatic rings. The van der Waals surface area contributed by atoms with E-state index in [0.29, 0.717) is 0 Å². The van der Waals surface area contributed by atoms with Crippen molar-refractivity contribution in [3.05, 3.63) is 34.4 Å². The van der Waals surface area contributed by atoms with Crippen LogP contribution in [0.5, 0.6) is 0 Å². The molecular weight excluding hydrogens is 278 g/mol. The van der Waals surface area contributed by atoms with E-state index in [1.807, 2.05) is 0 Å². The first-order valence-corrected chi connectivity index (χ1v) is 6.44. The maximum atomic E-state index is 11.7. The molecule has 1 unspecified atom stereocenters.